The standard InChI is InChI=1S/C18H21F2NOS/c19-14-1-2-16(15(20)6-14)23-10-17(22)21-18-7-11-3-12(8-18)5-13(4-11)9-18/h1-2,6,11-13H,3-5,7-10H2,(H,21,22). The van der Waals surface area contributed by atoms with Crippen LogP contribution in [0.25, 0.3) is 0 Å². The maximum absolute atomic E-state index is 13.6. The van der Waals surface area contributed by atoms with Crippen molar-refractivity contribution < 1.29 is 13.6 Å². The second kappa shape index (κ2) is 5.76. The zero-order valence-corrected chi connectivity index (χ0v) is 13.8. The van der Waals surface area contributed by atoms with Gasteiger partial charge in [0.15, 0.2) is 0 Å². The topological polar surface area (TPSA) is 29.1 Å². The van der Waals surface area contributed by atoms with Crippen LogP contribution in [0, 0.1) is 29.4 Å². The summed E-state index contributed by atoms with van der Waals surface area (Å²) in [5.41, 5.74) is -0.00622. The molecule has 4 bridgehead atoms. The number of hydrogen-bond acceptors (Lipinski definition) is 2. The molecule has 0 aromatic heterocycles. The SMILES string of the molecule is O=C(CSc1ccc(F)cc1F)NC12CC3CC(CC(C3)C1)C2. The molecule has 1 N–H and O–H groups in total. The molecule has 4 fully saturated rings. The van der Waals surface area contributed by atoms with Gasteiger partial charge in [0.2, 0.25) is 5.91 Å². The van der Waals surface area contributed by atoms with Crippen LogP contribution < -0.4 is 5.32 Å². The fourth-order valence-corrected chi connectivity index (χ4v) is 6.05. The van der Waals surface area contributed by atoms with Gasteiger partial charge in [0, 0.05) is 16.5 Å². The Morgan fingerprint density at radius 2 is 1.74 bits per heavy atom. The maximum Gasteiger partial charge on any atom is 0.230 e. The van der Waals surface area contributed by atoms with Crippen LogP contribution in [0.1, 0.15) is 38.5 Å². The van der Waals surface area contributed by atoms with E-state index in [0.29, 0.717) is 4.90 Å². The third-order valence-electron chi connectivity index (χ3n) is 5.70. The lowest BCUT2D eigenvalue weighted by atomic mass is 9.53. The molecule has 4 saturated carbocycles. The lowest BCUT2D eigenvalue weighted by molar-refractivity contribution is -0.124. The van der Waals surface area contributed by atoms with Crippen molar-refractivity contribution in [1.82, 2.24) is 5.32 Å². The van der Waals surface area contributed by atoms with Crippen LogP contribution in [0.15, 0.2) is 23.1 Å². The summed E-state index contributed by atoms with van der Waals surface area (Å²) < 4.78 is 26.5. The zero-order chi connectivity index (χ0) is 16.0. The molecule has 1 aromatic rings. The van der Waals surface area contributed by atoms with Gasteiger partial charge in [0.1, 0.15) is 11.6 Å². The fourth-order valence-electron chi connectivity index (χ4n) is 5.33. The first-order valence-electron chi connectivity index (χ1n) is 8.40. The average molecular weight is 337 g/mol. The van der Waals surface area contributed by atoms with Crippen molar-refractivity contribution in [3.8, 4) is 0 Å². The first-order chi connectivity index (χ1) is 11.0. The molecule has 0 aliphatic heterocycles. The third kappa shape index (κ3) is 3.12. The third-order valence-corrected chi connectivity index (χ3v) is 6.74. The van der Waals surface area contributed by atoms with E-state index >= 15 is 0 Å². The van der Waals surface area contributed by atoms with Gasteiger partial charge in [-0.25, -0.2) is 8.78 Å². The van der Waals surface area contributed by atoms with E-state index < -0.39 is 11.6 Å². The predicted molar refractivity (Wildman–Crippen MR) is 86.1 cm³/mol. The van der Waals surface area contributed by atoms with Gasteiger partial charge in [-0.15, -0.1) is 11.8 Å². The summed E-state index contributed by atoms with van der Waals surface area (Å²) in [5, 5.41) is 3.27. The van der Waals surface area contributed by atoms with Crippen molar-refractivity contribution in [2.45, 2.75) is 49.0 Å². The van der Waals surface area contributed by atoms with Crippen molar-refractivity contribution in [3.05, 3.63) is 29.8 Å². The molecule has 4 aliphatic rings. The minimum absolute atomic E-state index is 0.00622. The second-order valence-electron chi connectivity index (χ2n) is 7.61. The molecule has 23 heavy (non-hydrogen) atoms. The van der Waals surface area contributed by atoms with E-state index in [-0.39, 0.29) is 17.2 Å². The van der Waals surface area contributed by atoms with Gasteiger partial charge < -0.3 is 5.32 Å². The van der Waals surface area contributed by atoms with E-state index in [0.717, 1.165) is 54.8 Å². The van der Waals surface area contributed by atoms with Crippen molar-refractivity contribution in [1.29, 1.82) is 0 Å². The zero-order valence-electron chi connectivity index (χ0n) is 13.0. The Morgan fingerprint density at radius 1 is 1.13 bits per heavy atom. The van der Waals surface area contributed by atoms with Crippen LogP contribution in [-0.2, 0) is 4.79 Å². The highest BCUT2D eigenvalue weighted by Gasteiger charge is 2.51. The summed E-state index contributed by atoms with van der Waals surface area (Å²) in [6, 6.07) is 3.48. The molecule has 2 nitrogen and oxygen atoms in total. The van der Waals surface area contributed by atoms with Crippen molar-refractivity contribution in [3.63, 3.8) is 0 Å². The molecule has 124 valence electrons. The van der Waals surface area contributed by atoms with Gasteiger partial charge in [-0.2, -0.15) is 0 Å². The van der Waals surface area contributed by atoms with Crippen LogP contribution in [0.5, 0.6) is 0 Å². The molecule has 0 heterocycles. The van der Waals surface area contributed by atoms with E-state index in [4.69, 9.17) is 0 Å². The van der Waals surface area contributed by atoms with Gasteiger partial charge in [0.25, 0.3) is 0 Å². The van der Waals surface area contributed by atoms with E-state index in [1.54, 1.807) is 0 Å². The van der Waals surface area contributed by atoms with Crippen molar-refractivity contribution >= 4 is 17.7 Å². The summed E-state index contributed by atoms with van der Waals surface area (Å²) in [6.45, 7) is 0. The Bertz CT molecular complexity index is 598. The molecule has 4 aliphatic carbocycles. The van der Waals surface area contributed by atoms with Gasteiger partial charge in [-0.3, -0.25) is 4.79 Å². The summed E-state index contributed by atoms with van der Waals surface area (Å²) in [7, 11) is 0. The van der Waals surface area contributed by atoms with E-state index in [2.05, 4.69) is 5.32 Å². The summed E-state index contributed by atoms with van der Waals surface area (Å²) in [4.78, 5) is 12.7. The van der Waals surface area contributed by atoms with Gasteiger partial charge in [-0.05, 0) is 68.4 Å². The molecule has 1 amide bonds. The van der Waals surface area contributed by atoms with Gasteiger partial charge in [-0.1, -0.05) is 0 Å². The number of amides is 1. The number of nitrogens with one attached hydrogen (secondary N) is 1. The number of carbonyl (C=O) groups is 1. The minimum atomic E-state index is -0.599. The highest BCUT2D eigenvalue weighted by molar-refractivity contribution is 8.00. The van der Waals surface area contributed by atoms with E-state index in [1.165, 1.54) is 31.4 Å². The minimum Gasteiger partial charge on any atom is -0.350 e. The summed E-state index contributed by atoms with van der Waals surface area (Å²) >= 11 is 1.14. The Labute approximate surface area is 139 Å². The largest absolute Gasteiger partial charge is 0.350 e. The number of halogens is 2. The number of carbonyl (C=O) groups excluding carboxylic acids is 1. The van der Waals surface area contributed by atoms with E-state index in [1.807, 2.05) is 0 Å². The molecule has 0 saturated heterocycles. The number of hydrogen-bond donors (Lipinski definition) is 1. The van der Waals surface area contributed by atoms with E-state index in [9.17, 15) is 13.6 Å². The fraction of sp³-hybridized carbons (Fsp3) is 0.611. The predicted octanol–water partition coefficient (Wildman–Crippen LogP) is 4.14. The van der Waals surface area contributed by atoms with Gasteiger partial charge >= 0.3 is 0 Å². The Morgan fingerprint density at radius 3 is 2.30 bits per heavy atom. The van der Waals surface area contributed by atoms with Crippen LogP contribution in [0.2, 0.25) is 0 Å². The maximum atomic E-state index is 13.6. The first kappa shape index (κ1) is 15.4. The highest BCUT2D eigenvalue weighted by Crippen LogP contribution is 2.55. The normalized spacial score (nSPS) is 34.6. The molecule has 0 spiro atoms. The number of benzene rings is 1. The van der Waals surface area contributed by atoms with Crippen LogP contribution in [0.3, 0.4) is 0 Å². The molecule has 0 radical (unpaired) electrons. The quantitative estimate of drug-likeness (QED) is 0.837. The summed E-state index contributed by atoms with van der Waals surface area (Å²) in [6.07, 6.45) is 7.35. The smallest absolute Gasteiger partial charge is 0.230 e. The molecule has 0 atom stereocenters. The highest BCUT2D eigenvalue weighted by atomic mass is 32.2. The Kier molecular flexibility index (Phi) is 3.87. The van der Waals surface area contributed by atoms with Crippen molar-refractivity contribution in [2.24, 2.45) is 17.8 Å². The monoisotopic (exact) mass is 337 g/mol. The number of rotatable bonds is 4. The number of thioether (sulfide) groups is 1. The molecule has 5 rings (SSSR count). The van der Waals surface area contributed by atoms with Crippen LogP contribution in [-0.4, -0.2) is 17.2 Å². The lowest BCUT2D eigenvalue weighted by Crippen LogP contribution is -2.60. The molecule has 1 aromatic carbocycles. The van der Waals surface area contributed by atoms with Crippen LogP contribution in [0.4, 0.5) is 8.78 Å². The molecular formula is C18H21F2NOS. The second-order valence-corrected chi connectivity index (χ2v) is 8.63. The summed E-state index contributed by atoms with van der Waals surface area (Å²) in [5.74, 6) is 1.31. The molecule has 0 unspecified atom stereocenters. The molecular weight excluding hydrogens is 316 g/mol. The Balaban J connectivity index is 1.37. The van der Waals surface area contributed by atoms with Crippen LogP contribution >= 0.6 is 11.8 Å². The average Bonchev–Trinajstić information content (AvgIpc) is 2.44. The lowest BCUT2D eigenvalue weighted by Gasteiger charge is -2.56. The molecule has 5 heteroatoms. The Hall–Kier alpha value is -1.10. The van der Waals surface area contributed by atoms with Gasteiger partial charge in [0.05, 0.1) is 5.75 Å². The van der Waals surface area contributed by atoms with Crippen molar-refractivity contribution in [2.75, 3.05) is 5.75 Å². The first-order valence-corrected chi connectivity index (χ1v) is 9.39.